The maximum absolute atomic E-state index is 9.11. The van der Waals surface area contributed by atoms with Gasteiger partial charge in [0.2, 0.25) is 0 Å². The second-order valence-corrected chi connectivity index (χ2v) is 7.19. The Balaban J connectivity index is 0. The summed E-state index contributed by atoms with van der Waals surface area (Å²) in [6, 6.07) is 0. The number of carboxylic acid groups (broad SMARTS) is 1. The standard InChI is InChI=1S/C21H42O3.CH3NO2/c1-2-3-4-5-6-7-8-9-10-11-12-13-14-15-16-17-18-24-20-21(23)19-22;2-1(3)4/h9-10,21-23H,2-8,11-20H2,1H3;2H2,(H,3,4)/b10-9-;. The zero-order valence-corrected chi connectivity index (χ0v) is 18.0. The first-order valence-corrected chi connectivity index (χ1v) is 11.0. The third-order valence-electron chi connectivity index (χ3n) is 4.32. The van der Waals surface area contributed by atoms with Crippen LogP contribution in [0.2, 0.25) is 0 Å². The molecule has 6 nitrogen and oxygen atoms in total. The van der Waals surface area contributed by atoms with Gasteiger partial charge in [-0.05, 0) is 32.1 Å². The van der Waals surface area contributed by atoms with E-state index in [9.17, 15) is 0 Å². The number of hydrogen-bond donors (Lipinski definition) is 4. The van der Waals surface area contributed by atoms with Crippen LogP contribution in [-0.2, 0) is 4.74 Å². The monoisotopic (exact) mass is 403 g/mol. The maximum atomic E-state index is 9.11. The highest BCUT2D eigenvalue weighted by Gasteiger charge is 2.00. The third kappa shape index (κ3) is 32.6. The maximum Gasteiger partial charge on any atom is 0.402 e. The van der Waals surface area contributed by atoms with Gasteiger partial charge in [-0.1, -0.05) is 76.9 Å². The van der Waals surface area contributed by atoms with E-state index in [1.165, 1.54) is 83.5 Å². The van der Waals surface area contributed by atoms with Gasteiger partial charge in [-0.25, -0.2) is 4.79 Å². The van der Waals surface area contributed by atoms with Gasteiger partial charge in [0.1, 0.15) is 6.10 Å². The smallest absolute Gasteiger partial charge is 0.402 e. The average molecular weight is 404 g/mol. The van der Waals surface area contributed by atoms with Gasteiger partial charge in [0.15, 0.2) is 0 Å². The van der Waals surface area contributed by atoms with Gasteiger partial charge in [0, 0.05) is 6.61 Å². The second kappa shape index (κ2) is 25.9. The minimum Gasteiger partial charge on any atom is -0.465 e. The fraction of sp³-hybridized carbons (Fsp3) is 0.864. The molecule has 0 fully saturated rings. The number of carbonyl (C=O) groups is 1. The van der Waals surface area contributed by atoms with Gasteiger partial charge < -0.3 is 25.8 Å². The average Bonchev–Trinajstić information content (AvgIpc) is 2.66. The van der Waals surface area contributed by atoms with Gasteiger partial charge in [-0.3, -0.25) is 0 Å². The molecule has 6 heteroatoms. The Morgan fingerprint density at radius 2 is 1.32 bits per heavy atom. The van der Waals surface area contributed by atoms with Gasteiger partial charge in [0.25, 0.3) is 0 Å². The van der Waals surface area contributed by atoms with Crippen molar-refractivity contribution in [1.82, 2.24) is 0 Å². The van der Waals surface area contributed by atoms with Crippen molar-refractivity contribution in [2.75, 3.05) is 19.8 Å². The van der Waals surface area contributed by atoms with Crippen LogP contribution < -0.4 is 5.73 Å². The lowest BCUT2D eigenvalue weighted by Gasteiger charge is -2.07. The third-order valence-corrected chi connectivity index (χ3v) is 4.32. The first kappa shape index (κ1) is 29.1. The fourth-order valence-electron chi connectivity index (χ4n) is 2.72. The predicted molar refractivity (Wildman–Crippen MR) is 116 cm³/mol. The lowest BCUT2D eigenvalue weighted by Crippen LogP contribution is -2.19. The summed E-state index contributed by atoms with van der Waals surface area (Å²) in [4.78, 5) is 8.78. The van der Waals surface area contributed by atoms with E-state index < -0.39 is 12.2 Å². The molecule has 0 aliphatic heterocycles. The van der Waals surface area contributed by atoms with Crippen LogP contribution in [0.15, 0.2) is 12.2 Å². The summed E-state index contributed by atoms with van der Waals surface area (Å²) >= 11 is 0. The highest BCUT2D eigenvalue weighted by atomic mass is 16.5. The molecule has 28 heavy (non-hydrogen) atoms. The number of allylic oxidation sites excluding steroid dienone is 2. The van der Waals surface area contributed by atoms with Crippen molar-refractivity contribution < 1.29 is 24.9 Å². The lowest BCUT2D eigenvalue weighted by atomic mass is 10.1. The van der Waals surface area contributed by atoms with E-state index in [1.807, 2.05) is 0 Å². The molecule has 0 aliphatic rings. The summed E-state index contributed by atoms with van der Waals surface area (Å²) in [7, 11) is 0. The van der Waals surface area contributed by atoms with Crippen LogP contribution in [0.5, 0.6) is 0 Å². The molecule has 0 heterocycles. The minimum absolute atomic E-state index is 0.215. The summed E-state index contributed by atoms with van der Waals surface area (Å²) in [6.45, 7) is 3.00. The highest BCUT2D eigenvalue weighted by Crippen LogP contribution is 2.10. The van der Waals surface area contributed by atoms with E-state index >= 15 is 0 Å². The summed E-state index contributed by atoms with van der Waals surface area (Å²) in [5.41, 5.74) is 4.03. The number of nitrogens with two attached hydrogens (primary N) is 1. The molecule has 0 saturated carbocycles. The molecule has 1 amide bonds. The predicted octanol–water partition coefficient (Wildman–Crippen LogP) is 5.02. The number of amides is 1. The number of rotatable bonds is 19. The molecule has 1 unspecified atom stereocenters. The van der Waals surface area contributed by atoms with Gasteiger partial charge in [-0.15, -0.1) is 0 Å². The minimum atomic E-state index is -1.33. The molecule has 0 aliphatic carbocycles. The van der Waals surface area contributed by atoms with Crippen molar-refractivity contribution >= 4 is 6.09 Å². The van der Waals surface area contributed by atoms with Crippen molar-refractivity contribution in [3.05, 3.63) is 12.2 Å². The molecule has 0 aromatic rings. The van der Waals surface area contributed by atoms with Crippen LogP contribution in [0.3, 0.4) is 0 Å². The normalized spacial score (nSPS) is 12.0. The van der Waals surface area contributed by atoms with Crippen molar-refractivity contribution in [2.24, 2.45) is 5.73 Å². The Kier molecular flexibility index (Phi) is 26.9. The largest absolute Gasteiger partial charge is 0.465 e. The first-order valence-electron chi connectivity index (χ1n) is 11.0. The van der Waals surface area contributed by atoms with Crippen LogP contribution in [0.1, 0.15) is 96.8 Å². The van der Waals surface area contributed by atoms with Crippen LogP contribution in [0.4, 0.5) is 4.79 Å². The summed E-state index contributed by atoms with van der Waals surface area (Å²) in [6.07, 6.45) is 21.0. The molecule has 0 bridgehead atoms. The van der Waals surface area contributed by atoms with E-state index in [0.717, 1.165) is 6.42 Å². The molecule has 5 N–H and O–H groups in total. The van der Waals surface area contributed by atoms with Crippen molar-refractivity contribution in [1.29, 1.82) is 0 Å². The Hall–Kier alpha value is -1.11. The number of primary amides is 1. The number of ether oxygens (including phenoxy) is 1. The SMILES string of the molecule is CCCCCCCC/C=C\CCCCCCCCOCC(O)CO.NC(=O)O. The molecule has 1 atom stereocenters. The molecule has 0 spiro atoms. The number of aliphatic hydroxyl groups excluding tert-OH is 2. The number of unbranched alkanes of at least 4 members (excludes halogenated alkanes) is 12. The Bertz CT molecular complexity index is 333. The quantitative estimate of drug-likeness (QED) is 0.179. The van der Waals surface area contributed by atoms with E-state index in [2.05, 4.69) is 24.8 Å². The zero-order chi connectivity index (χ0) is 21.3. The highest BCUT2D eigenvalue weighted by molar-refractivity contribution is 5.61. The summed E-state index contributed by atoms with van der Waals surface area (Å²) in [5.74, 6) is 0. The van der Waals surface area contributed by atoms with Crippen LogP contribution in [0.25, 0.3) is 0 Å². The molecule has 0 saturated heterocycles. The van der Waals surface area contributed by atoms with E-state index in [4.69, 9.17) is 24.9 Å². The second-order valence-electron chi connectivity index (χ2n) is 7.19. The lowest BCUT2D eigenvalue weighted by molar-refractivity contribution is 0.00526. The van der Waals surface area contributed by atoms with Crippen molar-refractivity contribution in [3.8, 4) is 0 Å². The molecule has 0 aromatic heterocycles. The molecule has 0 aromatic carbocycles. The van der Waals surface area contributed by atoms with Gasteiger partial charge >= 0.3 is 6.09 Å². The molecule has 0 radical (unpaired) electrons. The Morgan fingerprint density at radius 3 is 1.79 bits per heavy atom. The first-order chi connectivity index (χ1) is 13.5. The van der Waals surface area contributed by atoms with Gasteiger partial charge in [-0.2, -0.15) is 0 Å². The van der Waals surface area contributed by atoms with Crippen molar-refractivity contribution in [2.45, 2.75) is 103 Å². The number of aliphatic hydroxyl groups is 2. The van der Waals surface area contributed by atoms with E-state index in [1.54, 1.807) is 0 Å². The van der Waals surface area contributed by atoms with Crippen molar-refractivity contribution in [3.63, 3.8) is 0 Å². The van der Waals surface area contributed by atoms with Crippen LogP contribution >= 0.6 is 0 Å². The molecule has 168 valence electrons. The number of hydrogen-bond acceptors (Lipinski definition) is 4. The zero-order valence-electron chi connectivity index (χ0n) is 18.0. The Labute approximate surface area is 172 Å². The molecular weight excluding hydrogens is 358 g/mol. The van der Waals surface area contributed by atoms with Gasteiger partial charge in [0.05, 0.1) is 13.2 Å². The topological polar surface area (TPSA) is 113 Å². The van der Waals surface area contributed by atoms with Crippen LogP contribution in [0, 0.1) is 0 Å². The summed E-state index contributed by atoms with van der Waals surface area (Å²) < 4.78 is 5.29. The van der Waals surface area contributed by atoms with E-state index in [0.29, 0.717) is 6.61 Å². The summed E-state index contributed by atoms with van der Waals surface area (Å²) in [5, 5.41) is 25.0. The molecular formula is C22H45NO5. The fourth-order valence-corrected chi connectivity index (χ4v) is 2.72. The Morgan fingerprint density at radius 1 is 0.893 bits per heavy atom. The van der Waals surface area contributed by atoms with Crippen LogP contribution in [-0.4, -0.2) is 47.3 Å². The molecule has 0 rings (SSSR count). The van der Waals surface area contributed by atoms with E-state index in [-0.39, 0.29) is 13.2 Å².